The molecule has 10 nitrogen and oxygen atoms in total. The lowest BCUT2D eigenvalue weighted by Crippen LogP contribution is -2.68. The molecular weight excluding hydrogens is 580 g/mol. The van der Waals surface area contributed by atoms with Gasteiger partial charge in [0.05, 0.1) is 6.61 Å². The molecule has 0 aromatic heterocycles. The van der Waals surface area contributed by atoms with E-state index in [9.17, 15) is 24.3 Å². The number of hydrogen-bond donors (Lipinski definition) is 1. The summed E-state index contributed by atoms with van der Waals surface area (Å²) in [5, 5.41) is 12.4. The zero-order valence-electron chi connectivity index (χ0n) is 27.0. The van der Waals surface area contributed by atoms with Gasteiger partial charge in [0.1, 0.15) is 30.0 Å². The molecule has 0 unspecified atom stereocenters. The SMILES string of the molecule is CC(=O)O[C@@H]1[C@@H]2C[C@H](OC(C)=O)C(C)=C([C@@H](OC(C)=O)[C@H](O)[C@]3(C)CC[C@H](OC(=O)/C=C/c4ccccc4)[C@]4(CO4)[C@@H]13)C2(C)C. The van der Waals surface area contributed by atoms with E-state index in [1.165, 1.54) is 26.8 Å². The quantitative estimate of drug-likeness (QED) is 0.160. The predicted molar refractivity (Wildman–Crippen MR) is 162 cm³/mol. The smallest absolute Gasteiger partial charge is 0.331 e. The fourth-order valence-corrected chi connectivity index (χ4v) is 8.54. The van der Waals surface area contributed by atoms with Crippen molar-refractivity contribution in [3.8, 4) is 0 Å². The Morgan fingerprint density at radius 2 is 1.56 bits per heavy atom. The van der Waals surface area contributed by atoms with E-state index < -0.39 is 82.7 Å². The summed E-state index contributed by atoms with van der Waals surface area (Å²) in [6.07, 6.45) is -0.391. The first kappa shape index (κ1) is 32.9. The van der Waals surface area contributed by atoms with Crippen molar-refractivity contribution in [3.05, 3.63) is 53.1 Å². The molecule has 1 heterocycles. The van der Waals surface area contributed by atoms with E-state index in [4.69, 9.17) is 23.7 Å². The van der Waals surface area contributed by atoms with Gasteiger partial charge in [-0.3, -0.25) is 14.4 Å². The molecular formula is C35H44O10. The molecule has 10 heteroatoms. The Bertz CT molecular complexity index is 1410. The van der Waals surface area contributed by atoms with Crippen LogP contribution in [0.15, 0.2) is 47.6 Å². The number of carbonyl (C=O) groups is 4. The monoisotopic (exact) mass is 624 g/mol. The number of carbonyl (C=O) groups excluding carboxylic acids is 4. The lowest BCUT2D eigenvalue weighted by Gasteiger charge is -2.60. The fourth-order valence-electron chi connectivity index (χ4n) is 8.54. The molecule has 244 valence electrons. The summed E-state index contributed by atoms with van der Waals surface area (Å²) in [7, 11) is 0. The van der Waals surface area contributed by atoms with Crippen molar-refractivity contribution < 1.29 is 48.0 Å². The molecule has 9 atom stereocenters. The molecule has 1 aliphatic heterocycles. The molecule has 5 rings (SSSR count). The third-order valence-corrected chi connectivity index (χ3v) is 10.5. The molecule has 1 aromatic carbocycles. The van der Waals surface area contributed by atoms with Gasteiger partial charge in [-0.05, 0) is 54.4 Å². The highest BCUT2D eigenvalue weighted by atomic mass is 16.6. The van der Waals surface area contributed by atoms with Crippen molar-refractivity contribution in [1.29, 1.82) is 0 Å². The van der Waals surface area contributed by atoms with Crippen molar-refractivity contribution in [2.45, 2.75) is 104 Å². The van der Waals surface area contributed by atoms with Crippen molar-refractivity contribution in [2.75, 3.05) is 6.61 Å². The van der Waals surface area contributed by atoms with Crippen LogP contribution in [0.3, 0.4) is 0 Å². The normalized spacial score (nSPS) is 36.8. The molecule has 2 bridgehead atoms. The van der Waals surface area contributed by atoms with Gasteiger partial charge in [-0.1, -0.05) is 51.1 Å². The van der Waals surface area contributed by atoms with Crippen LogP contribution in [0.5, 0.6) is 0 Å². The number of aliphatic hydroxyl groups is 1. The summed E-state index contributed by atoms with van der Waals surface area (Å²) in [4.78, 5) is 50.7. The Morgan fingerprint density at radius 1 is 0.933 bits per heavy atom. The minimum Gasteiger partial charge on any atom is -0.462 e. The van der Waals surface area contributed by atoms with Gasteiger partial charge in [0.25, 0.3) is 0 Å². The fraction of sp³-hybridized carbons (Fsp3) is 0.600. The van der Waals surface area contributed by atoms with E-state index in [-0.39, 0.29) is 6.61 Å². The van der Waals surface area contributed by atoms with Crippen LogP contribution in [0.4, 0.5) is 0 Å². The van der Waals surface area contributed by atoms with E-state index in [1.54, 1.807) is 6.08 Å². The van der Waals surface area contributed by atoms with Crippen LogP contribution in [0.25, 0.3) is 6.08 Å². The summed E-state index contributed by atoms with van der Waals surface area (Å²) in [6, 6.07) is 9.39. The lowest BCUT2D eigenvalue weighted by atomic mass is 9.48. The first-order valence-electron chi connectivity index (χ1n) is 15.6. The maximum atomic E-state index is 13.1. The Kier molecular flexibility index (Phi) is 8.78. The van der Waals surface area contributed by atoms with Crippen LogP contribution in [-0.4, -0.2) is 71.7 Å². The molecule has 2 saturated carbocycles. The average Bonchev–Trinajstić information content (AvgIpc) is 3.74. The summed E-state index contributed by atoms with van der Waals surface area (Å²) in [5.74, 6) is -3.19. The molecule has 0 amide bonds. The minimum absolute atomic E-state index is 0.221. The Labute approximate surface area is 264 Å². The number of benzene rings is 1. The van der Waals surface area contributed by atoms with Gasteiger partial charge in [-0.25, -0.2) is 4.79 Å². The topological polar surface area (TPSA) is 138 Å². The van der Waals surface area contributed by atoms with Crippen molar-refractivity contribution in [2.24, 2.45) is 22.7 Å². The first-order valence-corrected chi connectivity index (χ1v) is 15.6. The summed E-state index contributed by atoms with van der Waals surface area (Å²) in [5.41, 5.74) is -0.638. The first-order chi connectivity index (χ1) is 21.1. The molecule has 3 fully saturated rings. The van der Waals surface area contributed by atoms with E-state index in [2.05, 4.69) is 0 Å². The van der Waals surface area contributed by atoms with Crippen molar-refractivity contribution in [3.63, 3.8) is 0 Å². The third-order valence-electron chi connectivity index (χ3n) is 10.5. The Morgan fingerprint density at radius 3 is 2.13 bits per heavy atom. The van der Waals surface area contributed by atoms with E-state index in [1.807, 2.05) is 58.0 Å². The van der Waals surface area contributed by atoms with Gasteiger partial charge in [-0.15, -0.1) is 0 Å². The van der Waals surface area contributed by atoms with Gasteiger partial charge >= 0.3 is 23.9 Å². The minimum atomic E-state index is -1.25. The maximum Gasteiger partial charge on any atom is 0.331 e. The second-order valence-electron chi connectivity index (χ2n) is 13.7. The molecule has 0 radical (unpaired) electrons. The van der Waals surface area contributed by atoms with Gasteiger partial charge in [0.15, 0.2) is 6.10 Å². The number of aliphatic hydroxyl groups excluding tert-OH is 1. The Balaban J connectivity index is 1.62. The number of rotatable bonds is 6. The van der Waals surface area contributed by atoms with Crippen LogP contribution in [0, 0.1) is 22.7 Å². The van der Waals surface area contributed by atoms with Crippen LogP contribution < -0.4 is 0 Å². The van der Waals surface area contributed by atoms with Crippen LogP contribution in [0.1, 0.15) is 73.3 Å². The molecule has 1 N–H and O–H groups in total. The molecule has 3 aliphatic carbocycles. The highest BCUT2D eigenvalue weighted by Crippen LogP contribution is 2.65. The number of esters is 4. The lowest BCUT2D eigenvalue weighted by molar-refractivity contribution is -0.222. The number of hydrogen-bond acceptors (Lipinski definition) is 10. The number of ether oxygens (including phenoxy) is 5. The summed E-state index contributed by atoms with van der Waals surface area (Å²) >= 11 is 0. The highest BCUT2D eigenvalue weighted by Gasteiger charge is 2.74. The van der Waals surface area contributed by atoms with Gasteiger partial charge in [0.2, 0.25) is 0 Å². The molecule has 1 aromatic rings. The summed E-state index contributed by atoms with van der Waals surface area (Å²) < 4.78 is 30.2. The zero-order valence-corrected chi connectivity index (χ0v) is 27.0. The maximum absolute atomic E-state index is 13.1. The highest BCUT2D eigenvalue weighted by molar-refractivity contribution is 5.87. The van der Waals surface area contributed by atoms with Crippen LogP contribution in [0.2, 0.25) is 0 Å². The van der Waals surface area contributed by atoms with Crippen LogP contribution >= 0.6 is 0 Å². The number of epoxide rings is 1. The van der Waals surface area contributed by atoms with Crippen molar-refractivity contribution in [1.82, 2.24) is 0 Å². The van der Waals surface area contributed by atoms with Gasteiger partial charge < -0.3 is 28.8 Å². The van der Waals surface area contributed by atoms with Crippen LogP contribution in [-0.2, 0) is 42.9 Å². The third kappa shape index (κ3) is 5.94. The Hall–Kier alpha value is -3.50. The average molecular weight is 625 g/mol. The molecule has 4 aliphatic rings. The molecule has 45 heavy (non-hydrogen) atoms. The standard InChI is InChI=1S/C35H44O10/c1-19-25(42-20(2)36)17-24-29(43-21(3)37)31-34(7,32(40)30(44-22(4)38)28(19)33(24,5)6)16-15-26(35(31)18-41-35)45-27(39)14-13-23-11-9-8-10-12-23/h8-14,24-26,29-32,40H,15-18H2,1-7H3/b14-13+/t24-,25-,26-,29+,30+,31-,32-,34+,35+/m0/s1. The van der Waals surface area contributed by atoms with Gasteiger partial charge in [-0.2, -0.15) is 0 Å². The predicted octanol–water partition coefficient (Wildman–Crippen LogP) is 4.33. The molecule has 1 saturated heterocycles. The molecule has 1 spiro atoms. The van der Waals surface area contributed by atoms with E-state index in [0.717, 1.165) is 5.56 Å². The van der Waals surface area contributed by atoms with Gasteiger partial charge in [0, 0.05) is 44.1 Å². The second kappa shape index (κ2) is 12.0. The number of fused-ring (bicyclic) bond motifs is 4. The van der Waals surface area contributed by atoms with E-state index >= 15 is 0 Å². The van der Waals surface area contributed by atoms with E-state index in [0.29, 0.717) is 30.4 Å². The van der Waals surface area contributed by atoms with Crippen molar-refractivity contribution >= 4 is 30.0 Å². The second-order valence-corrected chi connectivity index (χ2v) is 13.7. The largest absolute Gasteiger partial charge is 0.462 e. The summed E-state index contributed by atoms with van der Waals surface area (Å²) in [6.45, 7) is 11.9. The zero-order chi connectivity index (χ0) is 32.9.